The number of carbonyl (C=O) groups excluding carboxylic acids is 1. The standard InChI is InChI=1S/C14H15NO2S.Na/c1-9(2)15-11-8-12(18-13(11)14(16)17)10-6-4-3-5-7-10;/h3-9,15H,1-2H3,(H,16,17);/q;+1/p-1. The zero-order valence-corrected chi connectivity index (χ0v) is 14.1. The summed E-state index contributed by atoms with van der Waals surface area (Å²) >= 11 is 1.24. The molecule has 5 heteroatoms. The van der Waals surface area contributed by atoms with E-state index in [2.05, 4.69) is 5.32 Å². The van der Waals surface area contributed by atoms with Crippen LogP contribution in [-0.2, 0) is 0 Å². The molecule has 0 aliphatic heterocycles. The molecule has 0 atom stereocenters. The Bertz CT molecular complexity index is 552. The molecule has 0 radical (unpaired) electrons. The Labute approximate surface area is 139 Å². The van der Waals surface area contributed by atoms with Crippen molar-refractivity contribution < 1.29 is 39.5 Å². The van der Waals surface area contributed by atoms with Gasteiger partial charge < -0.3 is 15.2 Å². The Morgan fingerprint density at radius 1 is 1.26 bits per heavy atom. The fraction of sp³-hybridized carbons (Fsp3) is 0.214. The smallest absolute Gasteiger partial charge is 0.544 e. The average Bonchev–Trinajstić information content (AvgIpc) is 2.73. The van der Waals surface area contributed by atoms with Gasteiger partial charge in [0.2, 0.25) is 0 Å². The topological polar surface area (TPSA) is 52.2 Å². The number of carbonyl (C=O) groups is 1. The molecule has 94 valence electrons. The van der Waals surface area contributed by atoms with Crippen molar-refractivity contribution in [1.82, 2.24) is 0 Å². The maximum Gasteiger partial charge on any atom is 1.00 e. The van der Waals surface area contributed by atoms with E-state index < -0.39 is 5.97 Å². The first-order valence-corrected chi connectivity index (χ1v) is 6.56. The van der Waals surface area contributed by atoms with Crippen LogP contribution >= 0.6 is 11.3 Å². The molecule has 2 aromatic rings. The molecule has 0 saturated carbocycles. The summed E-state index contributed by atoms with van der Waals surface area (Å²) in [7, 11) is 0. The number of anilines is 1. The third kappa shape index (κ3) is 4.08. The van der Waals surface area contributed by atoms with E-state index >= 15 is 0 Å². The Hall–Kier alpha value is -0.810. The van der Waals surface area contributed by atoms with Gasteiger partial charge in [-0.2, -0.15) is 0 Å². The van der Waals surface area contributed by atoms with E-state index in [1.165, 1.54) is 11.3 Å². The van der Waals surface area contributed by atoms with E-state index in [0.717, 1.165) is 10.4 Å². The maximum absolute atomic E-state index is 11.1. The predicted octanol–water partition coefficient (Wildman–Crippen LogP) is -0.397. The minimum absolute atomic E-state index is 0. The Morgan fingerprint density at radius 2 is 1.89 bits per heavy atom. The zero-order chi connectivity index (χ0) is 13.1. The molecule has 3 nitrogen and oxygen atoms in total. The molecule has 0 fully saturated rings. The van der Waals surface area contributed by atoms with E-state index in [9.17, 15) is 9.90 Å². The summed E-state index contributed by atoms with van der Waals surface area (Å²) in [5.41, 5.74) is 1.65. The van der Waals surface area contributed by atoms with E-state index in [-0.39, 0.29) is 40.5 Å². The molecule has 0 amide bonds. The number of carboxylic acids is 1. The molecule has 0 bridgehead atoms. The number of nitrogens with one attached hydrogen (secondary N) is 1. The van der Waals surface area contributed by atoms with Crippen LogP contribution in [0, 0.1) is 0 Å². The molecule has 1 heterocycles. The van der Waals surface area contributed by atoms with Crippen LogP contribution in [0.3, 0.4) is 0 Å². The van der Waals surface area contributed by atoms with Crippen LogP contribution in [0.5, 0.6) is 0 Å². The van der Waals surface area contributed by atoms with Crippen LogP contribution in [-0.4, -0.2) is 12.0 Å². The monoisotopic (exact) mass is 283 g/mol. The summed E-state index contributed by atoms with van der Waals surface area (Å²) in [5, 5.41) is 14.2. The fourth-order valence-electron chi connectivity index (χ4n) is 1.71. The number of hydrogen-bond acceptors (Lipinski definition) is 4. The Morgan fingerprint density at radius 3 is 2.42 bits per heavy atom. The number of hydrogen-bond donors (Lipinski definition) is 1. The molecule has 0 spiro atoms. The van der Waals surface area contributed by atoms with Crippen molar-refractivity contribution in [2.75, 3.05) is 5.32 Å². The number of carboxylic acid groups (broad SMARTS) is 1. The van der Waals surface area contributed by atoms with Crippen molar-refractivity contribution in [2.45, 2.75) is 19.9 Å². The predicted molar refractivity (Wildman–Crippen MR) is 72.8 cm³/mol. The largest absolute Gasteiger partial charge is 1.00 e. The molecule has 0 saturated heterocycles. The maximum atomic E-state index is 11.1. The van der Waals surface area contributed by atoms with E-state index in [0.29, 0.717) is 5.69 Å². The SMILES string of the molecule is CC(C)Nc1cc(-c2ccccc2)sc1C(=O)[O-].[Na+]. The van der Waals surface area contributed by atoms with Gasteiger partial charge in [0, 0.05) is 10.9 Å². The second-order valence-corrected chi connectivity index (χ2v) is 5.36. The van der Waals surface area contributed by atoms with Crippen LogP contribution in [0.4, 0.5) is 5.69 Å². The third-order valence-corrected chi connectivity index (χ3v) is 3.58. The van der Waals surface area contributed by atoms with Gasteiger partial charge >= 0.3 is 29.6 Å². The van der Waals surface area contributed by atoms with E-state index in [4.69, 9.17) is 0 Å². The molecular weight excluding hydrogens is 269 g/mol. The van der Waals surface area contributed by atoms with Gasteiger partial charge in [0.05, 0.1) is 16.5 Å². The van der Waals surface area contributed by atoms with Crippen LogP contribution in [0.25, 0.3) is 10.4 Å². The van der Waals surface area contributed by atoms with Crippen molar-refractivity contribution in [1.29, 1.82) is 0 Å². The molecule has 1 aromatic heterocycles. The van der Waals surface area contributed by atoms with Crippen LogP contribution in [0.15, 0.2) is 36.4 Å². The van der Waals surface area contributed by atoms with Gasteiger partial charge in [-0.05, 0) is 25.5 Å². The van der Waals surface area contributed by atoms with Gasteiger partial charge in [-0.1, -0.05) is 30.3 Å². The number of thiophene rings is 1. The normalized spacial score (nSPS) is 10.1. The van der Waals surface area contributed by atoms with Crippen LogP contribution < -0.4 is 40.0 Å². The minimum Gasteiger partial charge on any atom is -0.544 e. The zero-order valence-electron chi connectivity index (χ0n) is 11.3. The van der Waals surface area contributed by atoms with Crippen molar-refractivity contribution >= 4 is 23.0 Å². The summed E-state index contributed by atoms with van der Waals surface area (Å²) in [6.45, 7) is 3.94. The Balaban J connectivity index is 0.00000180. The number of benzene rings is 1. The summed E-state index contributed by atoms with van der Waals surface area (Å²) in [6, 6.07) is 11.8. The summed E-state index contributed by atoms with van der Waals surface area (Å²) in [4.78, 5) is 12.3. The quantitative estimate of drug-likeness (QED) is 0.777. The summed E-state index contributed by atoms with van der Waals surface area (Å²) < 4.78 is 0. The molecule has 1 aromatic carbocycles. The van der Waals surface area contributed by atoms with Crippen molar-refractivity contribution in [3.05, 3.63) is 41.3 Å². The fourth-order valence-corrected chi connectivity index (χ4v) is 2.67. The van der Waals surface area contributed by atoms with Gasteiger partial charge in [0.15, 0.2) is 0 Å². The molecule has 0 unspecified atom stereocenters. The van der Waals surface area contributed by atoms with Crippen LogP contribution in [0.1, 0.15) is 23.5 Å². The second-order valence-electron chi connectivity index (χ2n) is 4.31. The summed E-state index contributed by atoms with van der Waals surface area (Å²) in [6.07, 6.45) is 0. The van der Waals surface area contributed by atoms with Crippen molar-refractivity contribution in [2.24, 2.45) is 0 Å². The summed E-state index contributed by atoms with van der Waals surface area (Å²) in [5.74, 6) is -1.13. The molecule has 1 N–H and O–H groups in total. The van der Waals surface area contributed by atoms with Crippen molar-refractivity contribution in [3.8, 4) is 10.4 Å². The first-order valence-electron chi connectivity index (χ1n) is 5.75. The molecule has 0 aliphatic rings. The molecule has 2 rings (SSSR count). The van der Waals surface area contributed by atoms with Gasteiger partial charge in [-0.3, -0.25) is 0 Å². The first-order chi connectivity index (χ1) is 8.58. The van der Waals surface area contributed by atoms with Crippen LogP contribution in [0.2, 0.25) is 0 Å². The molecule has 19 heavy (non-hydrogen) atoms. The van der Waals surface area contributed by atoms with E-state index in [1.54, 1.807) is 0 Å². The van der Waals surface area contributed by atoms with Gasteiger partial charge in [-0.15, -0.1) is 11.3 Å². The first kappa shape index (κ1) is 16.2. The second kappa shape index (κ2) is 7.10. The van der Waals surface area contributed by atoms with Gasteiger partial charge in [-0.25, -0.2) is 0 Å². The Kier molecular flexibility index (Phi) is 6.07. The minimum atomic E-state index is -1.13. The average molecular weight is 283 g/mol. The number of rotatable bonds is 4. The van der Waals surface area contributed by atoms with Gasteiger partial charge in [0.25, 0.3) is 0 Å². The van der Waals surface area contributed by atoms with Crippen molar-refractivity contribution in [3.63, 3.8) is 0 Å². The molecule has 0 aliphatic carbocycles. The molecular formula is C14H14NNaO2S. The third-order valence-electron chi connectivity index (χ3n) is 2.42. The number of aromatic carboxylic acids is 1. The van der Waals surface area contributed by atoms with E-state index in [1.807, 2.05) is 50.2 Å². The van der Waals surface area contributed by atoms with Gasteiger partial charge in [0.1, 0.15) is 0 Å².